The van der Waals surface area contributed by atoms with E-state index in [1.807, 2.05) is 0 Å². The topological polar surface area (TPSA) is 88.0 Å². The molecule has 0 bridgehead atoms. The summed E-state index contributed by atoms with van der Waals surface area (Å²) < 4.78 is 16.1. The molecular formula is C24H17ClFN3O3. The standard InChI is InChI=1S/C24H17ClFN3O3/c1-12-6-15-20(9-17(12)26)29(10-13-7-18-19(8-16(13)25)28-11-27-18)23(24(31)32)22(15)14-4-2-3-5-21(14)30/h2-4,6-9,11H,5,10H2,1H3,(H,27,28)(H,31,32). The first kappa shape index (κ1) is 20.2. The van der Waals surface area contributed by atoms with E-state index < -0.39 is 11.8 Å². The summed E-state index contributed by atoms with van der Waals surface area (Å²) in [5, 5.41) is 11.1. The number of aryl methyl sites for hydroxylation is 1. The molecule has 1 aliphatic carbocycles. The molecule has 32 heavy (non-hydrogen) atoms. The Bertz CT molecular complexity index is 1510. The molecule has 0 radical (unpaired) electrons. The number of carboxylic acids is 1. The van der Waals surface area contributed by atoms with Crippen molar-refractivity contribution in [3.05, 3.63) is 82.0 Å². The smallest absolute Gasteiger partial charge is 0.353 e. The fourth-order valence-electron chi connectivity index (χ4n) is 4.19. The number of imidazole rings is 1. The van der Waals surface area contributed by atoms with Gasteiger partial charge in [0.2, 0.25) is 0 Å². The van der Waals surface area contributed by atoms with E-state index in [-0.39, 0.29) is 24.4 Å². The fraction of sp³-hybridized carbons (Fsp3) is 0.125. The number of aromatic amines is 1. The first-order valence-electron chi connectivity index (χ1n) is 9.92. The molecule has 0 saturated heterocycles. The number of aromatic nitrogens is 3. The Balaban J connectivity index is 1.82. The van der Waals surface area contributed by atoms with Crippen molar-refractivity contribution in [2.45, 2.75) is 19.9 Å². The van der Waals surface area contributed by atoms with Crippen LogP contribution in [0.2, 0.25) is 5.02 Å². The van der Waals surface area contributed by atoms with Crippen molar-refractivity contribution in [1.29, 1.82) is 0 Å². The minimum atomic E-state index is -1.21. The van der Waals surface area contributed by atoms with Crippen LogP contribution in [0.5, 0.6) is 0 Å². The summed E-state index contributed by atoms with van der Waals surface area (Å²) in [5.74, 6) is -1.86. The highest BCUT2D eigenvalue weighted by Crippen LogP contribution is 2.37. The number of ketones is 1. The molecule has 0 spiro atoms. The van der Waals surface area contributed by atoms with E-state index in [0.717, 1.165) is 5.52 Å². The van der Waals surface area contributed by atoms with Crippen molar-refractivity contribution < 1.29 is 19.1 Å². The molecule has 2 aromatic heterocycles. The Morgan fingerprint density at radius 1 is 1.31 bits per heavy atom. The van der Waals surface area contributed by atoms with Gasteiger partial charge in [-0.15, -0.1) is 0 Å². The van der Waals surface area contributed by atoms with Crippen LogP contribution in [0.4, 0.5) is 4.39 Å². The van der Waals surface area contributed by atoms with Crippen molar-refractivity contribution >= 4 is 50.9 Å². The summed E-state index contributed by atoms with van der Waals surface area (Å²) in [6.45, 7) is 1.68. The molecule has 0 saturated carbocycles. The molecule has 0 aliphatic heterocycles. The van der Waals surface area contributed by atoms with Gasteiger partial charge in [0, 0.05) is 34.5 Å². The number of nitrogens with zero attached hydrogens (tertiary/aromatic N) is 2. The number of halogens is 2. The van der Waals surface area contributed by atoms with Gasteiger partial charge >= 0.3 is 5.97 Å². The lowest BCUT2D eigenvalue weighted by molar-refractivity contribution is -0.113. The van der Waals surface area contributed by atoms with Gasteiger partial charge in [-0.05, 0) is 42.3 Å². The summed E-state index contributed by atoms with van der Waals surface area (Å²) in [4.78, 5) is 32.3. The van der Waals surface area contributed by atoms with Gasteiger partial charge in [0.05, 0.1) is 22.9 Å². The monoisotopic (exact) mass is 449 g/mol. The fourth-order valence-corrected chi connectivity index (χ4v) is 4.41. The molecule has 2 aromatic carbocycles. The number of Topliss-reactive ketones (excluding diaryl/α,β-unsaturated/α-hetero) is 1. The zero-order chi connectivity index (χ0) is 22.6. The molecule has 0 unspecified atom stereocenters. The molecule has 6 nitrogen and oxygen atoms in total. The van der Waals surface area contributed by atoms with Crippen molar-refractivity contribution in [3.8, 4) is 0 Å². The number of H-pyrrole nitrogens is 1. The Morgan fingerprint density at radius 2 is 2.12 bits per heavy atom. The average Bonchev–Trinajstić information content (AvgIpc) is 3.31. The Labute approximate surface area is 186 Å². The number of allylic oxidation sites excluding steroid dienone is 4. The van der Waals surface area contributed by atoms with E-state index in [2.05, 4.69) is 9.97 Å². The summed E-state index contributed by atoms with van der Waals surface area (Å²) in [6.07, 6.45) is 6.78. The van der Waals surface area contributed by atoms with Crippen molar-refractivity contribution in [3.63, 3.8) is 0 Å². The van der Waals surface area contributed by atoms with Crippen LogP contribution in [-0.2, 0) is 11.3 Å². The first-order valence-corrected chi connectivity index (χ1v) is 10.3. The highest BCUT2D eigenvalue weighted by atomic mass is 35.5. The average molecular weight is 450 g/mol. The number of rotatable bonds is 4. The molecule has 4 aromatic rings. The van der Waals surface area contributed by atoms with Crippen molar-refractivity contribution in [2.24, 2.45) is 0 Å². The van der Waals surface area contributed by atoms with Gasteiger partial charge in [0.1, 0.15) is 11.5 Å². The molecular weight excluding hydrogens is 433 g/mol. The van der Waals surface area contributed by atoms with Crippen molar-refractivity contribution in [2.75, 3.05) is 0 Å². The first-order chi connectivity index (χ1) is 15.3. The van der Waals surface area contributed by atoms with Gasteiger partial charge in [0.25, 0.3) is 0 Å². The van der Waals surface area contributed by atoms with Gasteiger partial charge < -0.3 is 14.7 Å². The summed E-state index contributed by atoms with van der Waals surface area (Å²) in [7, 11) is 0. The van der Waals surface area contributed by atoms with E-state index >= 15 is 0 Å². The van der Waals surface area contributed by atoms with E-state index in [9.17, 15) is 19.1 Å². The number of hydrogen-bond donors (Lipinski definition) is 2. The third-order valence-corrected chi connectivity index (χ3v) is 6.09. The van der Waals surface area contributed by atoms with Crippen LogP contribution in [0, 0.1) is 12.7 Å². The normalized spacial score (nSPS) is 13.8. The minimum Gasteiger partial charge on any atom is -0.477 e. The second-order valence-corrected chi connectivity index (χ2v) is 8.14. The van der Waals surface area contributed by atoms with Crippen LogP contribution < -0.4 is 0 Å². The summed E-state index contributed by atoms with van der Waals surface area (Å²) in [5.41, 5.74) is 3.32. The van der Waals surface area contributed by atoms with E-state index in [0.29, 0.717) is 43.7 Å². The minimum absolute atomic E-state index is 0.0751. The second kappa shape index (κ2) is 7.46. The molecule has 5 rings (SSSR count). The lowest BCUT2D eigenvalue weighted by Crippen LogP contribution is -2.13. The highest BCUT2D eigenvalue weighted by molar-refractivity contribution is 6.32. The number of aromatic carboxylic acids is 1. The number of benzene rings is 2. The number of carboxylic acid groups (broad SMARTS) is 1. The molecule has 0 fully saturated rings. The molecule has 1 aliphatic rings. The van der Waals surface area contributed by atoms with Crippen molar-refractivity contribution in [1.82, 2.24) is 14.5 Å². The number of fused-ring (bicyclic) bond motifs is 2. The van der Waals surface area contributed by atoms with Crippen LogP contribution >= 0.6 is 11.6 Å². The lowest BCUT2D eigenvalue weighted by atomic mass is 9.93. The largest absolute Gasteiger partial charge is 0.477 e. The predicted octanol–water partition coefficient (Wildman–Crippen LogP) is 5.28. The Morgan fingerprint density at radius 3 is 2.88 bits per heavy atom. The van der Waals surface area contributed by atoms with E-state index in [1.165, 1.54) is 10.6 Å². The number of carbonyl (C=O) groups excluding carboxylic acids is 1. The van der Waals surface area contributed by atoms with Crippen LogP contribution in [0.25, 0.3) is 27.5 Å². The molecule has 2 heterocycles. The van der Waals surface area contributed by atoms with Gasteiger partial charge in [0.15, 0.2) is 5.78 Å². The number of nitrogens with one attached hydrogen (secondary N) is 1. The van der Waals surface area contributed by atoms with E-state index in [1.54, 1.807) is 49.7 Å². The molecule has 160 valence electrons. The maximum absolute atomic E-state index is 14.6. The number of carbonyl (C=O) groups is 2. The highest BCUT2D eigenvalue weighted by Gasteiger charge is 2.29. The van der Waals surface area contributed by atoms with Gasteiger partial charge in [-0.25, -0.2) is 14.2 Å². The Kier molecular flexibility index (Phi) is 4.71. The third kappa shape index (κ3) is 3.13. The number of hydrogen-bond acceptors (Lipinski definition) is 3. The second-order valence-electron chi connectivity index (χ2n) is 7.73. The van der Waals surface area contributed by atoms with Gasteiger partial charge in [-0.2, -0.15) is 0 Å². The summed E-state index contributed by atoms with van der Waals surface area (Å²) >= 11 is 6.46. The predicted molar refractivity (Wildman–Crippen MR) is 121 cm³/mol. The lowest BCUT2D eigenvalue weighted by Gasteiger charge is -2.12. The zero-order valence-corrected chi connectivity index (χ0v) is 17.7. The molecule has 8 heteroatoms. The van der Waals surface area contributed by atoms with Crippen LogP contribution in [0.15, 0.2) is 48.8 Å². The van der Waals surface area contributed by atoms with Crippen LogP contribution in [-0.4, -0.2) is 31.4 Å². The maximum Gasteiger partial charge on any atom is 0.353 e. The Hall–Kier alpha value is -3.71. The third-order valence-electron chi connectivity index (χ3n) is 5.74. The SMILES string of the molecule is Cc1cc2c(C3=CC=CCC3=O)c(C(=O)O)n(Cc3cc4[nH]cnc4cc3Cl)c2cc1F. The quantitative estimate of drug-likeness (QED) is 0.444. The molecule has 0 atom stereocenters. The summed E-state index contributed by atoms with van der Waals surface area (Å²) in [6, 6.07) is 6.39. The van der Waals surface area contributed by atoms with Crippen LogP contribution in [0.3, 0.4) is 0 Å². The van der Waals surface area contributed by atoms with E-state index in [4.69, 9.17) is 11.6 Å². The maximum atomic E-state index is 14.6. The van der Waals surface area contributed by atoms with Gasteiger partial charge in [-0.3, -0.25) is 4.79 Å². The molecule has 2 N–H and O–H groups in total. The molecule has 0 amide bonds. The zero-order valence-electron chi connectivity index (χ0n) is 16.9. The van der Waals surface area contributed by atoms with Crippen LogP contribution in [0.1, 0.15) is 33.6 Å². The van der Waals surface area contributed by atoms with Gasteiger partial charge in [-0.1, -0.05) is 29.8 Å².